The van der Waals surface area contributed by atoms with E-state index in [0.717, 1.165) is 11.1 Å². The van der Waals surface area contributed by atoms with Crippen LogP contribution in [0.2, 0.25) is 0 Å². The molecule has 1 aromatic heterocycles. The number of carbonyl (C=O) groups excluding carboxylic acids is 1. The minimum Gasteiger partial charge on any atom is -0.493 e. The molecule has 1 saturated carbocycles. The number of nitrogens with one attached hydrogen (secondary N) is 1. The first-order valence-corrected chi connectivity index (χ1v) is 10.3. The lowest BCUT2D eigenvalue weighted by molar-refractivity contribution is -0.119. The first kappa shape index (κ1) is 21.5. The minimum absolute atomic E-state index is 0.104. The molecule has 4 rings (SSSR count). The van der Waals surface area contributed by atoms with E-state index in [9.17, 15) is 13.6 Å². The number of benzene rings is 2. The topological polar surface area (TPSA) is 79.9 Å². The van der Waals surface area contributed by atoms with Crippen molar-refractivity contribution in [2.24, 2.45) is 5.92 Å². The molecule has 0 radical (unpaired) electrons. The molecule has 2 aromatic carbocycles. The largest absolute Gasteiger partial charge is 0.493 e. The van der Waals surface area contributed by atoms with Crippen LogP contribution in [0, 0.1) is 17.2 Å². The number of nitriles is 1. The van der Waals surface area contributed by atoms with Crippen LogP contribution in [-0.4, -0.2) is 28.2 Å². The van der Waals surface area contributed by atoms with Crippen LogP contribution in [0.25, 0.3) is 0 Å². The van der Waals surface area contributed by atoms with Gasteiger partial charge in [0.05, 0.1) is 31.2 Å². The van der Waals surface area contributed by atoms with E-state index in [2.05, 4.69) is 16.5 Å². The third-order valence-electron chi connectivity index (χ3n) is 5.28. The second-order valence-corrected chi connectivity index (χ2v) is 8.02. The summed E-state index contributed by atoms with van der Waals surface area (Å²) in [4.78, 5) is 12.3. The van der Waals surface area contributed by atoms with Crippen LogP contribution in [0.4, 0.5) is 14.6 Å². The molecule has 32 heavy (non-hydrogen) atoms. The van der Waals surface area contributed by atoms with E-state index in [0.29, 0.717) is 23.7 Å². The van der Waals surface area contributed by atoms with Crippen molar-refractivity contribution in [1.29, 1.82) is 5.26 Å². The molecule has 164 valence electrons. The van der Waals surface area contributed by atoms with Gasteiger partial charge in [-0.05, 0) is 35.4 Å². The van der Waals surface area contributed by atoms with Crippen LogP contribution in [0.1, 0.15) is 29.5 Å². The third kappa shape index (κ3) is 5.70. The second-order valence-electron chi connectivity index (χ2n) is 8.02. The van der Waals surface area contributed by atoms with Crippen molar-refractivity contribution in [2.45, 2.75) is 31.7 Å². The SMILES string of the molecule is N#Cc1ccc(Cn2ccc(NC(=O)Cc3ccc(OCC4CC(F)(F)C4)cc3)n2)cc1. The number of carbonyl (C=O) groups is 1. The number of nitrogens with zero attached hydrogens (tertiary/aromatic N) is 3. The highest BCUT2D eigenvalue weighted by molar-refractivity contribution is 5.91. The van der Waals surface area contributed by atoms with Gasteiger partial charge in [0.1, 0.15) is 5.75 Å². The second kappa shape index (κ2) is 9.18. The zero-order chi connectivity index (χ0) is 22.6. The van der Waals surface area contributed by atoms with Crippen molar-refractivity contribution in [3.05, 3.63) is 77.5 Å². The molecular weight excluding hydrogens is 414 g/mol. The van der Waals surface area contributed by atoms with Gasteiger partial charge in [-0.3, -0.25) is 9.48 Å². The summed E-state index contributed by atoms with van der Waals surface area (Å²) in [6.07, 6.45) is 1.72. The highest BCUT2D eigenvalue weighted by atomic mass is 19.3. The average Bonchev–Trinajstić information content (AvgIpc) is 3.18. The molecule has 0 atom stereocenters. The lowest BCUT2D eigenvalue weighted by Gasteiger charge is -2.34. The van der Waals surface area contributed by atoms with Gasteiger partial charge in [0, 0.05) is 31.0 Å². The van der Waals surface area contributed by atoms with Crippen molar-refractivity contribution >= 4 is 11.7 Å². The van der Waals surface area contributed by atoms with Crippen LogP contribution in [0.5, 0.6) is 5.75 Å². The number of alkyl halides is 2. The van der Waals surface area contributed by atoms with Gasteiger partial charge < -0.3 is 10.1 Å². The molecular formula is C24H22F2N4O2. The van der Waals surface area contributed by atoms with Gasteiger partial charge in [-0.25, -0.2) is 8.78 Å². The van der Waals surface area contributed by atoms with Crippen molar-refractivity contribution in [3.63, 3.8) is 0 Å². The summed E-state index contributed by atoms with van der Waals surface area (Å²) < 4.78 is 33.0. The number of hydrogen-bond acceptors (Lipinski definition) is 4. The van der Waals surface area contributed by atoms with Gasteiger partial charge in [-0.2, -0.15) is 10.4 Å². The average molecular weight is 436 g/mol. The van der Waals surface area contributed by atoms with E-state index in [4.69, 9.17) is 10.00 Å². The Morgan fingerprint density at radius 3 is 2.47 bits per heavy atom. The quantitative estimate of drug-likeness (QED) is 0.567. The molecule has 1 N–H and O–H groups in total. The number of anilines is 1. The van der Waals surface area contributed by atoms with Gasteiger partial charge in [0.2, 0.25) is 11.8 Å². The fraction of sp³-hybridized carbons (Fsp3) is 0.292. The predicted octanol–water partition coefficient (Wildman–Crippen LogP) is 4.41. The molecule has 1 heterocycles. The molecule has 0 spiro atoms. The van der Waals surface area contributed by atoms with Crippen LogP contribution in [0.3, 0.4) is 0 Å². The number of ether oxygens (including phenoxy) is 1. The summed E-state index contributed by atoms with van der Waals surface area (Å²) in [5.74, 6) is -1.77. The summed E-state index contributed by atoms with van der Waals surface area (Å²) in [5.41, 5.74) is 2.41. The molecule has 1 fully saturated rings. The predicted molar refractivity (Wildman–Crippen MR) is 114 cm³/mol. The summed E-state index contributed by atoms with van der Waals surface area (Å²) in [7, 11) is 0. The van der Waals surface area contributed by atoms with E-state index in [-0.39, 0.29) is 37.7 Å². The van der Waals surface area contributed by atoms with Crippen LogP contribution in [-0.2, 0) is 17.8 Å². The molecule has 0 unspecified atom stereocenters. The van der Waals surface area contributed by atoms with Crippen LogP contribution < -0.4 is 10.1 Å². The molecule has 1 aliphatic carbocycles. The summed E-state index contributed by atoms with van der Waals surface area (Å²) >= 11 is 0. The smallest absolute Gasteiger partial charge is 0.248 e. The van der Waals surface area contributed by atoms with E-state index < -0.39 is 5.92 Å². The summed E-state index contributed by atoms with van der Waals surface area (Å²) in [6, 6.07) is 18.1. The first-order valence-electron chi connectivity index (χ1n) is 10.3. The number of amides is 1. The fourth-order valence-corrected chi connectivity index (χ4v) is 3.58. The van der Waals surface area contributed by atoms with E-state index >= 15 is 0 Å². The van der Waals surface area contributed by atoms with E-state index in [1.165, 1.54) is 0 Å². The Balaban J connectivity index is 1.23. The number of rotatable bonds is 8. The maximum atomic E-state index is 12.9. The zero-order valence-corrected chi connectivity index (χ0v) is 17.3. The van der Waals surface area contributed by atoms with Crippen molar-refractivity contribution in [2.75, 3.05) is 11.9 Å². The minimum atomic E-state index is -2.54. The Kier molecular flexibility index (Phi) is 6.17. The summed E-state index contributed by atoms with van der Waals surface area (Å²) in [6.45, 7) is 0.808. The highest BCUT2D eigenvalue weighted by Gasteiger charge is 2.45. The van der Waals surface area contributed by atoms with Crippen molar-refractivity contribution < 1.29 is 18.3 Å². The monoisotopic (exact) mass is 436 g/mol. The maximum absolute atomic E-state index is 12.9. The molecule has 0 aliphatic heterocycles. The maximum Gasteiger partial charge on any atom is 0.248 e. The molecule has 1 aliphatic rings. The van der Waals surface area contributed by atoms with Gasteiger partial charge in [0.25, 0.3) is 0 Å². The standard InChI is InChI=1S/C24H22F2N4O2/c25-24(26)12-20(13-24)16-32-21-7-5-17(6-8-21)11-23(31)28-22-9-10-30(29-22)15-19-3-1-18(14-27)2-4-19/h1-10,20H,11-13,15-16H2,(H,28,29,31). The lowest BCUT2D eigenvalue weighted by Crippen LogP contribution is -2.38. The number of hydrogen-bond donors (Lipinski definition) is 1. The molecule has 0 saturated heterocycles. The Morgan fingerprint density at radius 1 is 1.12 bits per heavy atom. The Hall–Kier alpha value is -3.73. The molecule has 0 bridgehead atoms. The molecule has 1 amide bonds. The van der Waals surface area contributed by atoms with Crippen LogP contribution >= 0.6 is 0 Å². The summed E-state index contributed by atoms with van der Waals surface area (Å²) in [5, 5.41) is 16.0. The third-order valence-corrected chi connectivity index (χ3v) is 5.28. The highest BCUT2D eigenvalue weighted by Crippen LogP contribution is 2.42. The van der Waals surface area contributed by atoms with Crippen molar-refractivity contribution in [3.8, 4) is 11.8 Å². The molecule has 8 heteroatoms. The van der Waals surface area contributed by atoms with Crippen molar-refractivity contribution in [1.82, 2.24) is 9.78 Å². The van der Waals surface area contributed by atoms with E-state index in [1.54, 1.807) is 53.3 Å². The Bertz CT molecular complexity index is 1110. The Labute approximate surface area is 184 Å². The van der Waals surface area contributed by atoms with Gasteiger partial charge in [-0.15, -0.1) is 0 Å². The molecule has 3 aromatic rings. The Morgan fingerprint density at radius 2 is 1.81 bits per heavy atom. The van der Waals surface area contributed by atoms with E-state index in [1.807, 2.05) is 12.1 Å². The fourth-order valence-electron chi connectivity index (χ4n) is 3.58. The zero-order valence-electron chi connectivity index (χ0n) is 17.3. The van der Waals surface area contributed by atoms with Crippen LogP contribution in [0.15, 0.2) is 60.8 Å². The number of aromatic nitrogens is 2. The van der Waals surface area contributed by atoms with Gasteiger partial charge in [-0.1, -0.05) is 24.3 Å². The van der Waals surface area contributed by atoms with Gasteiger partial charge in [0.15, 0.2) is 5.82 Å². The normalized spacial score (nSPS) is 14.9. The first-order chi connectivity index (χ1) is 15.4. The van der Waals surface area contributed by atoms with Gasteiger partial charge >= 0.3 is 0 Å². The molecule has 6 nitrogen and oxygen atoms in total. The number of halogens is 2. The lowest BCUT2D eigenvalue weighted by atomic mass is 9.82.